The molecule has 0 atom stereocenters. The molecule has 1 aromatic rings. The average molecular weight is 344 g/mol. The zero-order chi connectivity index (χ0) is 18.4. The highest BCUT2D eigenvalue weighted by Crippen LogP contribution is 2.26. The highest BCUT2D eigenvalue weighted by Gasteiger charge is 2.40. The van der Waals surface area contributed by atoms with E-state index < -0.39 is 5.41 Å². The molecule has 0 saturated heterocycles. The summed E-state index contributed by atoms with van der Waals surface area (Å²) in [6.45, 7) is 7.97. The first-order valence-corrected chi connectivity index (χ1v) is 9.56. The van der Waals surface area contributed by atoms with E-state index in [1.165, 1.54) is 12.8 Å². The van der Waals surface area contributed by atoms with Crippen molar-refractivity contribution in [2.45, 2.75) is 72.3 Å². The van der Waals surface area contributed by atoms with Crippen molar-refractivity contribution in [1.82, 2.24) is 5.32 Å². The predicted octanol–water partition coefficient (Wildman–Crippen LogP) is 4.21. The summed E-state index contributed by atoms with van der Waals surface area (Å²) in [6, 6.07) is 8.07. The Morgan fingerprint density at radius 2 is 1.80 bits per heavy atom. The van der Waals surface area contributed by atoms with E-state index in [-0.39, 0.29) is 17.9 Å². The molecule has 1 saturated carbocycles. The number of benzene rings is 1. The van der Waals surface area contributed by atoms with E-state index in [9.17, 15) is 9.59 Å². The van der Waals surface area contributed by atoms with Crippen LogP contribution in [0.2, 0.25) is 0 Å². The van der Waals surface area contributed by atoms with Crippen LogP contribution >= 0.6 is 0 Å². The standard InChI is InChI=1S/C21H32N2O2/c1-5-23(18-14-10-11-16(2)15-18)20(25)21(3,4)19(24)22-17-12-8-6-7-9-13-17/h10-11,14-15,17H,5-9,12-13H2,1-4H3,(H,22,24). The van der Waals surface area contributed by atoms with Crippen molar-refractivity contribution in [1.29, 1.82) is 0 Å². The van der Waals surface area contributed by atoms with Crippen molar-refractivity contribution in [3.8, 4) is 0 Å². The minimum absolute atomic E-state index is 0.147. The molecule has 1 aliphatic carbocycles. The lowest BCUT2D eigenvalue weighted by molar-refractivity contribution is -0.140. The molecule has 0 heterocycles. The zero-order valence-electron chi connectivity index (χ0n) is 16.1. The largest absolute Gasteiger partial charge is 0.352 e. The third kappa shape index (κ3) is 4.83. The number of nitrogens with zero attached hydrogens (tertiary/aromatic N) is 1. The Labute approximate surface area is 152 Å². The summed E-state index contributed by atoms with van der Waals surface area (Å²) in [5.41, 5.74) is 0.874. The van der Waals surface area contributed by atoms with Crippen LogP contribution < -0.4 is 10.2 Å². The molecule has 1 fully saturated rings. The minimum atomic E-state index is -1.08. The van der Waals surface area contributed by atoms with Gasteiger partial charge in [0.05, 0.1) is 0 Å². The molecule has 4 heteroatoms. The Bertz CT molecular complexity index is 602. The second-order valence-electron chi connectivity index (χ2n) is 7.68. The molecular weight excluding hydrogens is 312 g/mol. The van der Waals surface area contributed by atoms with E-state index in [2.05, 4.69) is 5.32 Å². The molecule has 0 unspecified atom stereocenters. The molecule has 0 aromatic heterocycles. The van der Waals surface area contributed by atoms with Gasteiger partial charge in [0.2, 0.25) is 11.8 Å². The maximum atomic E-state index is 13.1. The lowest BCUT2D eigenvalue weighted by Crippen LogP contribution is -2.51. The molecule has 1 N–H and O–H groups in total. The highest BCUT2D eigenvalue weighted by atomic mass is 16.2. The highest BCUT2D eigenvalue weighted by molar-refractivity contribution is 6.11. The molecule has 4 nitrogen and oxygen atoms in total. The summed E-state index contributed by atoms with van der Waals surface area (Å²) >= 11 is 0. The smallest absolute Gasteiger partial charge is 0.242 e. The Morgan fingerprint density at radius 1 is 1.16 bits per heavy atom. The lowest BCUT2D eigenvalue weighted by Gasteiger charge is -2.32. The summed E-state index contributed by atoms with van der Waals surface area (Å²) in [5, 5.41) is 3.14. The lowest BCUT2D eigenvalue weighted by atomic mass is 9.89. The molecule has 138 valence electrons. The number of rotatable bonds is 5. The van der Waals surface area contributed by atoms with Gasteiger partial charge in [-0.1, -0.05) is 37.8 Å². The fourth-order valence-electron chi connectivity index (χ4n) is 3.46. The fourth-order valence-corrected chi connectivity index (χ4v) is 3.46. The van der Waals surface area contributed by atoms with Crippen LogP contribution in [0.15, 0.2) is 24.3 Å². The molecule has 1 aromatic carbocycles. The first-order valence-electron chi connectivity index (χ1n) is 9.56. The molecule has 0 aliphatic heterocycles. The third-order valence-electron chi connectivity index (χ3n) is 5.17. The predicted molar refractivity (Wildman–Crippen MR) is 103 cm³/mol. The van der Waals surface area contributed by atoms with Gasteiger partial charge in [-0.25, -0.2) is 0 Å². The van der Waals surface area contributed by atoms with E-state index in [1.807, 2.05) is 38.1 Å². The van der Waals surface area contributed by atoms with Crippen LogP contribution in [0.5, 0.6) is 0 Å². The first kappa shape index (κ1) is 19.5. The van der Waals surface area contributed by atoms with Crippen LogP contribution in [0, 0.1) is 12.3 Å². The van der Waals surface area contributed by atoms with Crippen molar-refractivity contribution in [2.75, 3.05) is 11.4 Å². The number of amides is 2. The van der Waals surface area contributed by atoms with Gasteiger partial charge in [-0.05, 0) is 58.2 Å². The zero-order valence-corrected chi connectivity index (χ0v) is 16.1. The number of carbonyl (C=O) groups is 2. The van der Waals surface area contributed by atoms with E-state index in [0.717, 1.165) is 36.9 Å². The van der Waals surface area contributed by atoms with Gasteiger partial charge in [-0.3, -0.25) is 9.59 Å². The summed E-state index contributed by atoms with van der Waals surface area (Å²) in [6.07, 6.45) is 6.83. The van der Waals surface area contributed by atoms with Gasteiger partial charge in [0, 0.05) is 18.3 Å². The van der Waals surface area contributed by atoms with Crippen LogP contribution in [0.3, 0.4) is 0 Å². The molecule has 0 bridgehead atoms. The van der Waals surface area contributed by atoms with Crippen LogP contribution in [-0.4, -0.2) is 24.4 Å². The quantitative estimate of drug-likeness (QED) is 0.642. The number of nitrogens with one attached hydrogen (secondary N) is 1. The number of aryl methyl sites for hydroxylation is 1. The third-order valence-corrected chi connectivity index (χ3v) is 5.17. The van der Waals surface area contributed by atoms with E-state index in [0.29, 0.717) is 6.54 Å². The number of hydrogen-bond acceptors (Lipinski definition) is 2. The van der Waals surface area contributed by atoms with Crippen LogP contribution in [0.1, 0.15) is 64.9 Å². The Morgan fingerprint density at radius 3 is 2.36 bits per heavy atom. The van der Waals surface area contributed by atoms with E-state index >= 15 is 0 Å². The second kappa shape index (κ2) is 8.50. The van der Waals surface area contributed by atoms with Gasteiger partial charge in [-0.15, -0.1) is 0 Å². The number of hydrogen-bond donors (Lipinski definition) is 1. The van der Waals surface area contributed by atoms with Gasteiger partial charge < -0.3 is 10.2 Å². The Hall–Kier alpha value is -1.84. The fraction of sp³-hybridized carbons (Fsp3) is 0.619. The van der Waals surface area contributed by atoms with Gasteiger partial charge in [0.25, 0.3) is 0 Å². The monoisotopic (exact) mass is 344 g/mol. The summed E-state index contributed by atoms with van der Waals surface area (Å²) in [7, 11) is 0. The molecule has 1 aliphatic rings. The maximum Gasteiger partial charge on any atom is 0.242 e. The molecule has 0 radical (unpaired) electrons. The topological polar surface area (TPSA) is 49.4 Å². The Kier molecular flexibility index (Phi) is 6.63. The second-order valence-corrected chi connectivity index (χ2v) is 7.68. The van der Waals surface area contributed by atoms with E-state index in [4.69, 9.17) is 0 Å². The van der Waals surface area contributed by atoms with Gasteiger partial charge in [0.15, 0.2) is 0 Å². The molecular formula is C21H32N2O2. The van der Waals surface area contributed by atoms with Gasteiger partial charge >= 0.3 is 0 Å². The van der Waals surface area contributed by atoms with Gasteiger partial charge in [0.1, 0.15) is 5.41 Å². The average Bonchev–Trinajstić information content (AvgIpc) is 2.84. The number of anilines is 1. The maximum absolute atomic E-state index is 13.1. The van der Waals surface area contributed by atoms with E-state index in [1.54, 1.807) is 18.7 Å². The number of carbonyl (C=O) groups excluding carboxylic acids is 2. The summed E-state index contributed by atoms with van der Waals surface area (Å²) < 4.78 is 0. The van der Waals surface area contributed by atoms with Crippen LogP contribution in [-0.2, 0) is 9.59 Å². The SMILES string of the molecule is CCN(C(=O)C(C)(C)C(=O)NC1CCCCCC1)c1cccc(C)c1. The van der Waals surface area contributed by atoms with Gasteiger partial charge in [-0.2, -0.15) is 0 Å². The normalized spacial score (nSPS) is 16.2. The first-order chi connectivity index (χ1) is 11.9. The van der Waals surface area contributed by atoms with Crippen molar-refractivity contribution in [2.24, 2.45) is 5.41 Å². The van der Waals surface area contributed by atoms with Crippen molar-refractivity contribution >= 4 is 17.5 Å². The molecule has 2 amide bonds. The summed E-state index contributed by atoms with van der Waals surface area (Å²) in [4.78, 5) is 27.7. The van der Waals surface area contributed by atoms with Crippen molar-refractivity contribution in [3.05, 3.63) is 29.8 Å². The molecule has 0 spiro atoms. The molecule has 25 heavy (non-hydrogen) atoms. The van der Waals surface area contributed by atoms with Crippen molar-refractivity contribution in [3.63, 3.8) is 0 Å². The van der Waals surface area contributed by atoms with Crippen LogP contribution in [0.25, 0.3) is 0 Å². The Balaban J connectivity index is 2.12. The van der Waals surface area contributed by atoms with Crippen LogP contribution in [0.4, 0.5) is 5.69 Å². The minimum Gasteiger partial charge on any atom is -0.352 e. The summed E-state index contributed by atoms with van der Waals surface area (Å²) in [5.74, 6) is -0.303. The van der Waals surface area contributed by atoms with Crippen molar-refractivity contribution < 1.29 is 9.59 Å². The molecule has 2 rings (SSSR count).